The number of hydrogen-bond acceptors (Lipinski definition) is 4. The fraction of sp³-hybridized carbons (Fsp3) is 0.700. The Labute approximate surface area is 162 Å². The molecule has 152 valence electrons. The molecule has 1 aliphatic rings. The van der Waals surface area contributed by atoms with Gasteiger partial charge in [-0.3, -0.25) is 9.79 Å². The molecule has 1 atom stereocenters. The van der Waals surface area contributed by atoms with Gasteiger partial charge in [0.1, 0.15) is 0 Å². The first-order valence-electron chi connectivity index (χ1n) is 10.0. The zero-order valence-corrected chi connectivity index (χ0v) is 16.7. The van der Waals surface area contributed by atoms with Crippen LogP contribution in [0.25, 0.3) is 0 Å². The van der Waals surface area contributed by atoms with Gasteiger partial charge in [-0.1, -0.05) is 6.07 Å². The lowest BCUT2D eigenvalue weighted by Crippen LogP contribution is -2.38. The van der Waals surface area contributed by atoms with Crippen LogP contribution in [0.2, 0.25) is 0 Å². The second-order valence-corrected chi connectivity index (χ2v) is 6.85. The molecule has 1 aliphatic heterocycles. The number of hydrogen-bond donors (Lipinski definition) is 2. The van der Waals surface area contributed by atoms with Crippen LogP contribution in [0.3, 0.4) is 0 Å². The third kappa shape index (κ3) is 8.13. The normalized spacial score (nSPS) is 17.3. The highest BCUT2D eigenvalue weighted by Gasteiger charge is 2.14. The second-order valence-electron chi connectivity index (χ2n) is 6.85. The summed E-state index contributed by atoms with van der Waals surface area (Å²) in [5.41, 5.74) is 1.08. The van der Waals surface area contributed by atoms with Crippen LogP contribution in [0.5, 0.6) is 0 Å². The van der Waals surface area contributed by atoms with Crippen LogP contribution in [-0.4, -0.2) is 56.6 Å². The summed E-state index contributed by atoms with van der Waals surface area (Å²) in [7, 11) is 1.77. The molecule has 0 aliphatic carbocycles. The number of pyridine rings is 1. The molecule has 1 saturated heterocycles. The zero-order valence-electron chi connectivity index (χ0n) is 16.7. The van der Waals surface area contributed by atoms with Crippen molar-refractivity contribution >= 4 is 5.96 Å². The van der Waals surface area contributed by atoms with Crippen molar-refractivity contribution < 1.29 is 9.47 Å². The lowest BCUT2D eigenvalue weighted by atomic mass is 10.2. The van der Waals surface area contributed by atoms with E-state index in [1.165, 1.54) is 0 Å². The number of aryl methyl sites for hydroxylation is 1. The van der Waals surface area contributed by atoms with Gasteiger partial charge in [-0.25, -0.2) is 0 Å². The van der Waals surface area contributed by atoms with E-state index in [1.54, 1.807) is 19.2 Å². The molecule has 1 aromatic rings. The van der Waals surface area contributed by atoms with Crippen molar-refractivity contribution in [2.24, 2.45) is 4.99 Å². The topological polar surface area (TPSA) is 76.9 Å². The predicted molar refractivity (Wildman–Crippen MR) is 108 cm³/mol. The minimum absolute atomic E-state index is 0.0714. The summed E-state index contributed by atoms with van der Waals surface area (Å²) in [6.07, 6.45) is 5.43. The predicted octanol–water partition coefficient (Wildman–Crippen LogP) is 1.69. The third-order valence-corrected chi connectivity index (χ3v) is 4.68. The molecule has 2 heterocycles. The highest BCUT2D eigenvalue weighted by atomic mass is 16.5. The van der Waals surface area contributed by atoms with Crippen molar-refractivity contribution in [2.45, 2.75) is 51.7 Å². The number of unbranched alkanes of at least 4 members (excludes halogenated alkanes) is 1. The van der Waals surface area contributed by atoms with Crippen LogP contribution >= 0.6 is 0 Å². The number of aromatic nitrogens is 1. The Morgan fingerprint density at radius 1 is 1.30 bits per heavy atom. The molecule has 0 radical (unpaired) electrons. The second kappa shape index (κ2) is 12.5. The van der Waals surface area contributed by atoms with Crippen LogP contribution in [0, 0.1) is 6.92 Å². The zero-order chi connectivity index (χ0) is 19.3. The molecule has 1 fully saturated rings. The Balaban J connectivity index is 1.49. The molecule has 0 aromatic carbocycles. The van der Waals surface area contributed by atoms with Gasteiger partial charge in [-0.05, 0) is 45.1 Å². The van der Waals surface area contributed by atoms with Crippen molar-refractivity contribution in [1.82, 2.24) is 15.2 Å². The summed E-state index contributed by atoms with van der Waals surface area (Å²) in [5, 5.41) is 6.61. The molecule has 7 heteroatoms. The van der Waals surface area contributed by atoms with E-state index in [-0.39, 0.29) is 5.56 Å². The molecule has 0 bridgehead atoms. The Bertz CT molecular complexity index is 624. The van der Waals surface area contributed by atoms with Crippen molar-refractivity contribution in [2.75, 3.05) is 40.0 Å². The van der Waals surface area contributed by atoms with Gasteiger partial charge in [0.25, 0.3) is 5.56 Å². The molecule has 1 aromatic heterocycles. The van der Waals surface area contributed by atoms with E-state index in [9.17, 15) is 4.79 Å². The molecular weight excluding hydrogens is 344 g/mol. The molecule has 1 unspecified atom stereocenters. The Morgan fingerprint density at radius 3 is 2.81 bits per heavy atom. The molecular formula is C20H34N4O3. The Hall–Kier alpha value is -1.86. The largest absolute Gasteiger partial charge is 0.379 e. The summed E-state index contributed by atoms with van der Waals surface area (Å²) >= 11 is 0. The summed E-state index contributed by atoms with van der Waals surface area (Å²) in [5.74, 6) is 0.808. The van der Waals surface area contributed by atoms with Crippen molar-refractivity contribution in [1.29, 1.82) is 0 Å². The lowest BCUT2D eigenvalue weighted by Gasteiger charge is -2.13. The van der Waals surface area contributed by atoms with Gasteiger partial charge in [-0.2, -0.15) is 0 Å². The summed E-state index contributed by atoms with van der Waals surface area (Å²) < 4.78 is 13.0. The minimum atomic E-state index is 0.0714. The summed E-state index contributed by atoms with van der Waals surface area (Å²) in [6, 6.07) is 5.39. The van der Waals surface area contributed by atoms with Gasteiger partial charge in [0.05, 0.1) is 12.7 Å². The van der Waals surface area contributed by atoms with Gasteiger partial charge in [0.2, 0.25) is 0 Å². The lowest BCUT2D eigenvalue weighted by molar-refractivity contribution is 0.0168. The number of rotatable bonds is 11. The fourth-order valence-corrected chi connectivity index (χ4v) is 3.10. The number of nitrogens with zero attached hydrogens (tertiary/aromatic N) is 2. The fourth-order valence-electron chi connectivity index (χ4n) is 3.10. The molecule has 2 N–H and O–H groups in total. The molecule has 0 amide bonds. The van der Waals surface area contributed by atoms with Crippen molar-refractivity contribution in [3.05, 3.63) is 34.2 Å². The van der Waals surface area contributed by atoms with E-state index in [0.29, 0.717) is 12.7 Å². The van der Waals surface area contributed by atoms with Crippen LogP contribution in [0.4, 0.5) is 0 Å². The van der Waals surface area contributed by atoms with Crippen molar-refractivity contribution in [3.8, 4) is 0 Å². The monoisotopic (exact) mass is 378 g/mol. The molecule has 7 nitrogen and oxygen atoms in total. The van der Waals surface area contributed by atoms with E-state index in [2.05, 4.69) is 15.6 Å². The SMILES string of the molecule is CN=C(NCCCCn1c(C)cccc1=O)NCCCOCC1CCCO1. The van der Waals surface area contributed by atoms with E-state index in [0.717, 1.165) is 76.6 Å². The maximum Gasteiger partial charge on any atom is 0.250 e. The van der Waals surface area contributed by atoms with Gasteiger partial charge in [0, 0.05) is 51.7 Å². The molecule has 0 saturated carbocycles. The van der Waals surface area contributed by atoms with Gasteiger partial charge in [-0.15, -0.1) is 0 Å². The maximum absolute atomic E-state index is 11.8. The van der Waals surface area contributed by atoms with E-state index < -0.39 is 0 Å². The van der Waals surface area contributed by atoms with E-state index in [1.807, 2.05) is 17.6 Å². The molecule has 2 rings (SSSR count). The first kappa shape index (κ1) is 21.4. The quantitative estimate of drug-likeness (QED) is 0.348. The smallest absolute Gasteiger partial charge is 0.250 e. The molecule has 0 spiro atoms. The average molecular weight is 379 g/mol. The summed E-state index contributed by atoms with van der Waals surface area (Å²) in [6.45, 7) is 6.68. The minimum Gasteiger partial charge on any atom is -0.379 e. The van der Waals surface area contributed by atoms with Crippen LogP contribution in [0.15, 0.2) is 28.0 Å². The average Bonchev–Trinajstić information content (AvgIpc) is 3.18. The number of nitrogens with one attached hydrogen (secondary N) is 2. The van der Waals surface area contributed by atoms with Crippen LogP contribution in [-0.2, 0) is 16.0 Å². The van der Waals surface area contributed by atoms with Gasteiger partial charge >= 0.3 is 0 Å². The van der Waals surface area contributed by atoms with Gasteiger partial charge < -0.3 is 24.7 Å². The van der Waals surface area contributed by atoms with E-state index in [4.69, 9.17) is 9.47 Å². The van der Waals surface area contributed by atoms with E-state index >= 15 is 0 Å². The molecule has 27 heavy (non-hydrogen) atoms. The summed E-state index contributed by atoms with van der Waals surface area (Å²) in [4.78, 5) is 16.1. The number of ether oxygens (including phenoxy) is 2. The first-order valence-corrected chi connectivity index (χ1v) is 10.0. The maximum atomic E-state index is 11.8. The first-order chi connectivity index (χ1) is 13.2. The standard InChI is InChI=1S/C20H34N4O3/c1-17-8-5-10-19(25)24(17)13-4-3-11-22-20(21-2)23-12-7-14-26-16-18-9-6-15-27-18/h5,8,10,18H,3-4,6-7,9,11-16H2,1-2H3,(H2,21,22,23). The van der Waals surface area contributed by atoms with Crippen LogP contribution < -0.4 is 16.2 Å². The van der Waals surface area contributed by atoms with Crippen LogP contribution in [0.1, 0.15) is 37.8 Å². The Morgan fingerprint density at radius 2 is 2.11 bits per heavy atom. The van der Waals surface area contributed by atoms with Gasteiger partial charge in [0.15, 0.2) is 5.96 Å². The number of guanidine groups is 1. The highest BCUT2D eigenvalue weighted by Crippen LogP contribution is 2.11. The number of aliphatic imine (C=N–C) groups is 1. The highest BCUT2D eigenvalue weighted by molar-refractivity contribution is 5.79. The van der Waals surface area contributed by atoms with Crippen molar-refractivity contribution in [3.63, 3.8) is 0 Å². The Kier molecular flexibility index (Phi) is 9.94. The third-order valence-electron chi connectivity index (χ3n) is 4.68.